The van der Waals surface area contributed by atoms with E-state index in [9.17, 15) is 9.59 Å². The van der Waals surface area contributed by atoms with Gasteiger partial charge in [0.15, 0.2) is 0 Å². The SMILES string of the molecule is CCOC(=O)C1(C2CCCCC2)CCN(C(=O)c2cccnc2)CC1. The molecule has 0 atom stereocenters. The van der Waals surface area contributed by atoms with Gasteiger partial charge in [0.1, 0.15) is 0 Å². The van der Waals surface area contributed by atoms with E-state index in [-0.39, 0.29) is 11.9 Å². The fourth-order valence-electron chi connectivity index (χ4n) is 4.49. The average Bonchev–Trinajstić information content (AvgIpc) is 2.69. The van der Waals surface area contributed by atoms with Crippen LogP contribution in [-0.2, 0) is 9.53 Å². The number of likely N-dealkylation sites (tertiary alicyclic amines) is 1. The van der Waals surface area contributed by atoms with Crippen LogP contribution in [0.25, 0.3) is 0 Å². The standard InChI is InChI=1S/C20H28N2O3/c1-2-25-19(24)20(17-8-4-3-5-9-17)10-13-22(14-11-20)18(23)16-7-6-12-21-15-16/h6-7,12,15,17H,2-5,8-11,13-14H2,1H3. The predicted octanol–water partition coefficient (Wildman–Crippen LogP) is 3.45. The van der Waals surface area contributed by atoms with Gasteiger partial charge in [-0.1, -0.05) is 19.3 Å². The van der Waals surface area contributed by atoms with Crippen LogP contribution in [-0.4, -0.2) is 41.5 Å². The van der Waals surface area contributed by atoms with Gasteiger partial charge in [0.25, 0.3) is 5.91 Å². The second-order valence-corrected chi connectivity index (χ2v) is 7.25. The number of nitrogens with zero attached hydrogens (tertiary/aromatic N) is 2. The van der Waals surface area contributed by atoms with Crippen molar-refractivity contribution in [3.8, 4) is 0 Å². The van der Waals surface area contributed by atoms with Gasteiger partial charge in [0, 0.05) is 25.5 Å². The fourth-order valence-corrected chi connectivity index (χ4v) is 4.49. The largest absolute Gasteiger partial charge is 0.466 e. The van der Waals surface area contributed by atoms with Crippen LogP contribution in [0.1, 0.15) is 62.2 Å². The highest BCUT2D eigenvalue weighted by molar-refractivity contribution is 5.94. The summed E-state index contributed by atoms with van der Waals surface area (Å²) in [7, 11) is 0. The molecule has 1 amide bonds. The Morgan fingerprint density at radius 3 is 2.56 bits per heavy atom. The first-order valence-electron chi connectivity index (χ1n) is 9.54. The zero-order valence-electron chi connectivity index (χ0n) is 15.1. The number of hydrogen-bond donors (Lipinski definition) is 0. The van der Waals surface area contributed by atoms with Crippen molar-refractivity contribution in [2.75, 3.05) is 19.7 Å². The van der Waals surface area contributed by atoms with Gasteiger partial charge in [-0.2, -0.15) is 0 Å². The number of carbonyl (C=O) groups excluding carboxylic acids is 2. The summed E-state index contributed by atoms with van der Waals surface area (Å²) in [5.74, 6) is 0.362. The molecule has 2 heterocycles. The Balaban J connectivity index is 1.72. The van der Waals surface area contributed by atoms with Crippen molar-refractivity contribution in [3.63, 3.8) is 0 Å². The number of hydrogen-bond acceptors (Lipinski definition) is 4. The lowest BCUT2D eigenvalue weighted by Gasteiger charge is -2.45. The Hall–Kier alpha value is -1.91. The van der Waals surface area contributed by atoms with Crippen molar-refractivity contribution in [1.82, 2.24) is 9.88 Å². The van der Waals surface area contributed by atoms with Crippen molar-refractivity contribution < 1.29 is 14.3 Å². The molecule has 1 saturated carbocycles. The summed E-state index contributed by atoms with van der Waals surface area (Å²) in [6.45, 7) is 3.52. The molecule has 1 saturated heterocycles. The quantitative estimate of drug-likeness (QED) is 0.785. The number of rotatable bonds is 4. The van der Waals surface area contributed by atoms with Crippen molar-refractivity contribution in [2.45, 2.75) is 51.9 Å². The highest BCUT2D eigenvalue weighted by atomic mass is 16.5. The van der Waals surface area contributed by atoms with Gasteiger partial charge < -0.3 is 9.64 Å². The summed E-state index contributed by atoms with van der Waals surface area (Å²) in [6.07, 6.45) is 10.6. The van der Waals surface area contributed by atoms with E-state index in [1.165, 1.54) is 19.3 Å². The Morgan fingerprint density at radius 1 is 1.24 bits per heavy atom. The smallest absolute Gasteiger partial charge is 0.312 e. The maximum absolute atomic E-state index is 12.8. The summed E-state index contributed by atoms with van der Waals surface area (Å²) in [5.41, 5.74) is 0.214. The third-order valence-electron chi connectivity index (χ3n) is 5.92. The fraction of sp³-hybridized carbons (Fsp3) is 0.650. The molecule has 2 aliphatic rings. The molecule has 25 heavy (non-hydrogen) atoms. The first-order chi connectivity index (χ1) is 12.2. The molecule has 0 unspecified atom stereocenters. The molecule has 1 aromatic rings. The second kappa shape index (κ2) is 7.98. The molecule has 0 aromatic carbocycles. The predicted molar refractivity (Wildman–Crippen MR) is 95.0 cm³/mol. The van der Waals surface area contributed by atoms with E-state index in [4.69, 9.17) is 4.74 Å². The van der Waals surface area contributed by atoms with Crippen LogP contribution in [0, 0.1) is 11.3 Å². The molecular formula is C20H28N2O3. The highest BCUT2D eigenvalue weighted by Gasteiger charge is 2.49. The number of amides is 1. The average molecular weight is 344 g/mol. The van der Waals surface area contributed by atoms with E-state index in [0.29, 0.717) is 44.0 Å². The van der Waals surface area contributed by atoms with Gasteiger partial charge in [-0.05, 0) is 50.7 Å². The maximum atomic E-state index is 12.8. The van der Waals surface area contributed by atoms with Gasteiger partial charge >= 0.3 is 5.97 Å². The highest BCUT2D eigenvalue weighted by Crippen LogP contribution is 2.46. The van der Waals surface area contributed by atoms with Gasteiger partial charge in [0.05, 0.1) is 17.6 Å². The number of esters is 1. The van der Waals surface area contributed by atoms with Crippen molar-refractivity contribution in [2.24, 2.45) is 11.3 Å². The number of piperidine rings is 1. The normalized spacial score (nSPS) is 20.9. The Bertz CT molecular complexity index is 588. The van der Waals surface area contributed by atoms with Crippen LogP contribution in [0.15, 0.2) is 24.5 Å². The maximum Gasteiger partial charge on any atom is 0.312 e. The molecule has 5 heteroatoms. The molecule has 0 bridgehead atoms. The van der Waals surface area contributed by atoms with Gasteiger partial charge in [0.2, 0.25) is 0 Å². The van der Waals surface area contributed by atoms with Gasteiger partial charge in [-0.3, -0.25) is 14.6 Å². The van der Waals surface area contributed by atoms with E-state index in [1.807, 2.05) is 11.8 Å². The Kier molecular flexibility index (Phi) is 5.71. The van der Waals surface area contributed by atoms with Crippen LogP contribution in [0.5, 0.6) is 0 Å². The molecule has 3 rings (SSSR count). The first-order valence-corrected chi connectivity index (χ1v) is 9.54. The van der Waals surface area contributed by atoms with E-state index < -0.39 is 5.41 Å². The van der Waals surface area contributed by atoms with Crippen molar-refractivity contribution in [1.29, 1.82) is 0 Å². The minimum atomic E-state index is -0.401. The Labute approximate surface area is 149 Å². The van der Waals surface area contributed by atoms with E-state index >= 15 is 0 Å². The third kappa shape index (κ3) is 3.70. The molecule has 5 nitrogen and oxygen atoms in total. The number of ether oxygens (including phenoxy) is 1. The van der Waals surface area contributed by atoms with Crippen LogP contribution in [0.4, 0.5) is 0 Å². The zero-order valence-corrected chi connectivity index (χ0v) is 15.1. The van der Waals surface area contributed by atoms with Crippen LogP contribution in [0.3, 0.4) is 0 Å². The Morgan fingerprint density at radius 2 is 1.96 bits per heavy atom. The lowest BCUT2D eigenvalue weighted by molar-refractivity contribution is -0.164. The van der Waals surface area contributed by atoms with Gasteiger partial charge in [-0.25, -0.2) is 0 Å². The number of aromatic nitrogens is 1. The number of pyridine rings is 1. The third-order valence-corrected chi connectivity index (χ3v) is 5.92. The molecule has 1 aromatic heterocycles. The van der Waals surface area contributed by atoms with Crippen molar-refractivity contribution >= 4 is 11.9 Å². The summed E-state index contributed by atoms with van der Waals surface area (Å²) in [4.78, 5) is 31.4. The van der Waals surface area contributed by atoms with E-state index in [2.05, 4.69) is 4.98 Å². The summed E-state index contributed by atoms with van der Waals surface area (Å²) in [6, 6.07) is 3.58. The number of carbonyl (C=O) groups is 2. The minimum absolute atomic E-state index is 0.00852. The molecule has 0 N–H and O–H groups in total. The zero-order chi connectivity index (χ0) is 17.7. The van der Waals surface area contributed by atoms with E-state index in [1.54, 1.807) is 24.5 Å². The molecular weight excluding hydrogens is 316 g/mol. The molecule has 2 fully saturated rings. The van der Waals surface area contributed by atoms with Crippen molar-refractivity contribution in [3.05, 3.63) is 30.1 Å². The van der Waals surface area contributed by atoms with Crippen LogP contribution < -0.4 is 0 Å². The summed E-state index contributed by atoms with van der Waals surface area (Å²) < 4.78 is 5.47. The second-order valence-electron chi connectivity index (χ2n) is 7.25. The lowest BCUT2D eigenvalue weighted by Crippen LogP contribution is -2.51. The minimum Gasteiger partial charge on any atom is -0.466 e. The topological polar surface area (TPSA) is 59.5 Å². The molecule has 1 aliphatic carbocycles. The van der Waals surface area contributed by atoms with Crippen LogP contribution in [0.2, 0.25) is 0 Å². The summed E-state index contributed by atoms with van der Waals surface area (Å²) in [5, 5.41) is 0. The van der Waals surface area contributed by atoms with E-state index in [0.717, 1.165) is 12.8 Å². The van der Waals surface area contributed by atoms with Crippen LogP contribution >= 0.6 is 0 Å². The molecule has 0 spiro atoms. The lowest BCUT2D eigenvalue weighted by atomic mass is 9.63. The monoisotopic (exact) mass is 344 g/mol. The molecule has 1 aliphatic heterocycles. The molecule has 136 valence electrons. The molecule has 0 radical (unpaired) electrons. The first kappa shape index (κ1) is 17.9. The summed E-state index contributed by atoms with van der Waals surface area (Å²) >= 11 is 0. The van der Waals surface area contributed by atoms with Gasteiger partial charge in [-0.15, -0.1) is 0 Å².